The van der Waals surface area contributed by atoms with Crippen molar-refractivity contribution in [2.45, 2.75) is 44.6 Å². The molecule has 2 unspecified atom stereocenters. The van der Waals surface area contributed by atoms with Gasteiger partial charge in [0.25, 0.3) is 0 Å². The molecule has 5 heteroatoms. The summed E-state index contributed by atoms with van der Waals surface area (Å²) in [6, 6.07) is 0. The van der Waals surface area contributed by atoms with Gasteiger partial charge in [-0.15, -0.1) is 0 Å². The lowest BCUT2D eigenvalue weighted by atomic mass is 9.73. The maximum Gasteiger partial charge on any atom is 0.324 e. The van der Waals surface area contributed by atoms with Crippen LogP contribution in [-0.4, -0.2) is 29.1 Å². The minimum absolute atomic E-state index is 0.0895. The molecule has 1 fully saturated rings. The van der Waals surface area contributed by atoms with Gasteiger partial charge in [-0.2, -0.15) is 0 Å². The number of nitrogens with two attached hydrogens (primary N) is 1. The van der Waals surface area contributed by atoms with Gasteiger partial charge in [-0.25, -0.2) is 0 Å². The summed E-state index contributed by atoms with van der Waals surface area (Å²) in [5.74, 6) is -1.13. The molecule has 1 amide bonds. The number of nitrogens with one attached hydrogen (secondary N) is 1. The van der Waals surface area contributed by atoms with E-state index in [1.54, 1.807) is 0 Å². The summed E-state index contributed by atoms with van der Waals surface area (Å²) in [6.07, 6.45) is 3.72. The Labute approximate surface area is 95.4 Å². The predicted molar refractivity (Wildman–Crippen MR) is 59.8 cm³/mol. The standard InChI is InChI=1S/C11H20N2O3/c1-8-4-2-3-6-11(8,10(15)16)13-7-5-9(12)14/h8,13H,2-7H2,1H3,(H2,12,14)(H,15,16). The second-order valence-corrected chi connectivity index (χ2v) is 4.57. The highest BCUT2D eigenvalue weighted by Gasteiger charge is 2.44. The van der Waals surface area contributed by atoms with Crippen molar-refractivity contribution in [3.8, 4) is 0 Å². The number of carbonyl (C=O) groups excluding carboxylic acids is 1. The van der Waals surface area contributed by atoms with Crippen LogP contribution in [-0.2, 0) is 9.59 Å². The molecule has 0 heterocycles. The van der Waals surface area contributed by atoms with Gasteiger partial charge in [-0.3, -0.25) is 9.59 Å². The molecule has 1 aliphatic carbocycles. The number of amides is 1. The van der Waals surface area contributed by atoms with Crippen LogP contribution in [0.1, 0.15) is 39.0 Å². The van der Waals surface area contributed by atoms with Crippen molar-refractivity contribution in [3.05, 3.63) is 0 Å². The summed E-state index contributed by atoms with van der Waals surface area (Å²) < 4.78 is 0. The first kappa shape index (κ1) is 13.0. The zero-order valence-corrected chi connectivity index (χ0v) is 9.66. The lowest BCUT2D eigenvalue weighted by Crippen LogP contribution is -2.58. The molecular formula is C11H20N2O3. The van der Waals surface area contributed by atoms with Crippen molar-refractivity contribution in [1.29, 1.82) is 0 Å². The first-order valence-corrected chi connectivity index (χ1v) is 5.76. The van der Waals surface area contributed by atoms with Crippen molar-refractivity contribution >= 4 is 11.9 Å². The van der Waals surface area contributed by atoms with Gasteiger partial charge in [0.15, 0.2) is 0 Å². The second-order valence-electron chi connectivity index (χ2n) is 4.57. The highest BCUT2D eigenvalue weighted by atomic mass is 16.4. The molecular weight excluding hydrogens is 208 g/mol. The summed E-state index contributed by atoms with van der Waals surface area (Å²) >= 11 is 0. The summed E-state index contributed by atoms with van der Waals surface area (Å²) in [4.78, 5) is 22.0. The van der Waals surface area contributed by atoms with Gasteiger partial charge in [0.1, 0.15) is 5.54 Å². The van der Waals surface area contributed by atoms with Crippen LogP contribution < -0.4 is 11.1 Å². The molecule has 0 aromatic carbocycles. The van der Waals surface area contributed by atoms with Crippen molar-refractivity contribution in [3.63, 3.8) is 0 Å². The predicted octanol–water partition coefficient (Wildman–Crippen LogP) is 0.485. The number of rotatable bonds is 5. The molecule has 0 radical (unpaired) electrons. The normalized spacial score (nSPS) is 29.9. The molecule has 1 saturated carbocycles. The molecule has 0 aromatic heterocycles. The van der Waals surface area contributed by atoms with Crippen LogP contribution in [0, 0.1) is 5.92 Å². The first-order chi connectivity index (χ1) is 7.49. The molecule has 0 aliphatic heterocycles. The molecule has 1 aliphatic rings. The number of hydrogen-bond acceptors (Lipinski definition) is 3. The van der Waals surface area contributed by atoms with Crippen molar-refractivity contribution in [1.82, 2.24) is 5.32 Å². The van der Waals surface area contributed by atoms with Gasteiger partial charge in [-0.1, -0.05) is 19.8 Å². The average molecular weight is 228 g/mol. The van der Waals surface area contributed by atoms with Crippen LogP contribution in [0.3, 0.4) is 0 Å². The molecule has 0 spiro atoms. The van der Waals surface area contributed by atoms with Crippen molar-refractivity contribution in [2.75, 3.05) is 6.54 Å². The third kappa shape index (κ3) is 2.72. The number of carboxylic acids is 1. The van der Waals surface area contributed by atoms with E-state index in [9.17, 15) is 14.7 Å². The minimum atomic E-state index is -0.867. The number of hydrogen-bond donors (Lipinski definition) is 3. The third-order valence-electron chi connectivity index (χ3n) is 3.49. The van der Waals surface area contributed by atoms with Gasteiger partial charge >= 0.3 is 5.97 Å². The zero-order chi connectivity index (χ0) is 12.2. The quantitative estimate of drug-likeness (QED) is 0.638. The van der Waals surface area contributed by atoms with Gasteiger partial charge in [0.05, 0.1) is 0 Å². The van der Waals surface area contributed by atoms with E-state index in [4.69, 9.17) is 5.73 Å². The minimum Gasteiger partial charge on any atom is -0.480 e. The third-order valence-corrected chi connectivity index (χ3v) is 3.49. The molecule has 0 saturated heterocycles. The zero-order valence-electron chi connectivity index (χ0n) is 9.66. The largest absolute Gasteiger partial charge is 0.480 e. The summed E-state index contributed by atoms with van der Waals surface area (Å²) in [5, 5.41) is 12.4. The molecule has 5 nitrogen and oxygen atoms in total. The fraction of sp³-hybridized carbons (Fsp3) is 0.818. The Morgan fingerprint density at radius 2 is 2.19 bits per heavy atom. The molecule has 1 rings (SSSR count). The SMILES string of the molecule is CC1CCCCC1(NCCC(N)=O)C(=O)O. The second kappa shape index (κ2) is 5.30. The Morgan fingerprint density at radius 1 is 1.50 bits per heavy atom. The summed E-state index contributed by atoms with van der Waals surface area (Å²) in [5.41, 5.74) is 4.17. The van der Waals surface area contributed by atoms with E-state index in [0.717, 1.165) is 19.3 Å². The van der Waals surface area contributed by atoms with E-state index < -0.39 is 17.4 Å². The molecule has 92 valence electrons. The lowest BCUT2D eigenvalue weighted by molar-refractivity contribution is -0.149. The fourth-order valence-corrected chi connectivity index (χ4v) is 2.41. The summed E-state index contributed by atoms with van der Waals surface area (Å²) in [7, 11) is 0. The van der Waals surface area contributed by atoms with E-state index in [1.165, 1.54) is 0 Å². The van der Waals surface area contributed by atoms with Gasteiger partial charge in [0.2, 0.25) is 5.91 Å². The van der Waals surface area contributed by atoms with E-state index in [2.05, 4.69) is 5.32 Å². The Morgan fingerprint density at radius 3 is 2.69 bits per heavy atom. The maximum absolute atomic E-state index is 11.4. The highest BCUT2D eigenvalue weighted by Crippen LogP contribution is 2.33. The average Bonchev–Trinajstić information content (AvgIpc) is 2.20. The topological polar surface area (TPSA) is 92.4 Å². The number of carboxylic acid groups (broad SMARTS) is 1. The molecule has 4 N–H and O–H groups in total. The van der Waals surface area contributed by atoms with Crippen molar-refractivity contribution < 1.29 is 14.7 Å². The molecule has 16 heavy (non-hydrogen) atoms. The molecule has 0 aromatic rings. The van der Waals surface area contributed by atoms with E-state index in [-0.39, 0.29) is 12.3 Å². The van der Waals surface area contributed by atoms with Gasteiger partial charge in [-0.05, 0) is 18.8 Å². The van der Waals surface area contributed by atoms with Gasteiger partial charge in [0, 0.05) is 13.0 Å². The van der Waals surface area contributed by atoms with E-state index in [1.807, 2.05) is 6.92 Å². The highest BCUT2D eigenvalue weighted by molar-refractivity contribution is 5.79. The van der Waals surface area contributed by atoms with Crippen molar-refractivity contribution in [2.24, 2.45) is 11.7 Å². The molecule has 0 bridgehead atoms. The van der Waals surface area contributed by atoms with E-state index >= 15 is 0 Å². The summed E-state index contributed by atoms with van der Waals surface area (Å²) in [6.45, 7) is 2.29. The Balaban J connectivity index is 2.64. The number of aliphatic carboxylic acids is 1. The van der Waals surface area contributed by atoms with Crippen LogP contribution in [0.2, 0.25) is 0 Å². The molecule has 2 atom stereocenters. The van der Waals surface area contributed by atoms with Crippen LogP contribution >= 0.6 is 0 Å². The van der Waals surface area contributed by atoms with Crippen LogP contribution in [0.5, 0.6) is 0 Å². The first-order valence-electron chi connectivity index (χ1n) is 5.76. The number of carbonyl (C=O) groups is 2. The Bertz CT molecular complexity index is 280. The van der Waals surface area contributed by atoms with Crippen LogP contribution in [0.15, 0.2) is 0 Å². The smallest absolute Gasteiger partial charge is 0.324 e. The van der Waals surface area contributed by atoms with Crippen LogP contribution in [0.4, 0.5) is 0 Å². The van der Waals surface area contributed by atoms with Gasteiger partial charge < -0.3 is 16.2 Å². The Kier molecular flexibility index (Phi) is 4.29. The maximum atomic E-state index is 11.4. The monoisotopic (exact) mass is 228 g/mol. The Hall–Kier alpha value is -1.10. The number of primary amides is 1. The lowest BCUT2D eigenvalue weighted by Gasteiger charge is -2.39. The fourth-order valence-electron chi connectivity index (χ4n) is 2.41. The van der Waals surface area contributed by atoms with E-state index in [0.29, 0.717) is 13.0 Å². The van der Waals surface area contributed by atoms with Crippen LogP contribution in [0.25, 0.3) is 0 Å².